The summed E-state index contributed by atoms with van der Waals surface area (Å²) in [7, 11) is 1.01. The summed E-state index contributed by atoms with van der Waals surface area (Å²) in [6.07, 6.45) is -4.08. The molecule has 0 aromatic rings. The van der Waals surface area contributed by atoms with Gasteiger partial charge in [0, 0.05) is 0 Å². The Hall–Kier alpha value is -1.15. The molecule has 0 aliphatic carbocycles. The molecule has 0 aromatic carbocycles. The monoisotopic (exact) mass is 316 g/mol. The number of alkyl carbamates (subject to hydrolysis) is 1. The number of rotatable bonds is 5. The van der Waals surface area contributed by atoms with Crippen molar-refractivity contribution in [1.82, 2.24) is 10.2 Å². The molecule has 6 nitrogen and oxygen atoms in total. The van der Waals surface area contributed by atoms with Gasteiger partial charge in [0.15, 0.2) is 6.04 Å². The van der Waals surface area contributed by atoms with Gasteiger partial charge in [0.05, 0.1) is 7.11 Å². The first-order valence-corrected chi connectivity index (χ1v) is 6.09. The van der Waals surface area contributed by atoms with Gasteiger partial charge in [0.2, 0.25) is 0 Å². The number of esters is 1. The van der Waals surface area contributed by atoms with Crippen LogP contribution in [-0.4, -0.2) is 42.8 Å². The lowest BCUT2D eigenvalue weighted by molar-refractivity contribution is -0.147. The number of alkyl halides is 2. The van der Waals surface area contributed by atoms with E-state index in [0.717, 1.165) is 14.0 Å². The van der Waals surface area contributed by atoms with Crippen molar-refractivity contribution in [1.29, 1.82) is 0 Å². The predicted octanol–water partition coefficient (Wildman–Crippen LogP) is 1.82. The first kappa shape index (κ1) is 18.9. The molecule has 0 rings (SSSR count). The van der Waals surface area contributed by atoms with E-state index in [-0.39, 0.29) is 0 Å². The second kappa shape index (κ2) is 7.03. The molecule has 9 heteroatoms. The number of hydrogen-bond acceptors (Lipinski definition) is 5. The summed E-state index contributed by atoms with van der Waals surface area (Å²) in [4.78, 5) is 25.0. The van der Waals surface area contributed by atoms with Gasteiger partial charge in [-0.05, 0) is 39.5 Å². The highest BCUT2D eigenvalue weighted by atomic mass is 35.5. The lowest BCUT2D eigenvalue weighted by atomic mass is 9.94. The van der Waals surface area contributed by atoms with E-state index < -0.39 is 35.7 Å². The summed E-state index contributed by atoms with van der Waals surface area (Å²) >= 11 is 5.29. The van der Waals surface area contributed by atoms with Gasteiger partial charge in [-0.1, -0.05) is 0 Å². The van der Waals surface area contributed by atoms with Gasteiger partial charge < -0.3 is 14.8 Å². The number of carbonyl (C=O) groups is 2. The Balaban J connectivity index is 5.19. The van der Waals surface area contributed by atoms with Crippen molar-refractivity contribution in [3.05, 3.63) is 0 Å². The van der Waals surface area contributed by atoms with E-state index >= 15 is 0 Å². The lowest BCUT2D eigenvalue weighted by Crippen LogP contribution is -2.64. The minimum absolute atomic E-state index is 0.847. The number of halogens is 3. The van der Waals surface area contributed by atoms with Crippen molar-refractivity contribution < 1.29 is 27.8 Å². The number of hydrogen-bond donors (Lipinski definition) is 2. The van der Waals surface area contributed by atoms with Crippen LogP contribution < -0.4 is 10.2 Å². The second-order valence-corrected chi connectivity index (χ2v) is 5.47. The van der Waals surface area contributed by atoms with Gasteiger partial charge in [-0.25, -0.2) is 23.2 Å². The molecule has 20 heavy (non-hydrogen) atoms. The van der Waals surface area contributed by atoms with Crippen LogP contribution in [0.5, 0.6) is 0 Å². The van der Waals surface area contributed by atoms with E-state index in [0.29, 0.717) is 0 Å². The Kier molecular flexibility index (Phi) is 6.63. The number of methoxy groups -OCH3 is 1. The highest BCUT2D eigenvalue weighted by molar-refractivity contribution is 6.14. The molecule has 118 valence electrons. The highest BCUT2D eigenvalue weighted by Crippen LogP contribution is 2.22. The predicted molar refractivity (Wildman–Crippen MR) is 68.6 cm³/mol. The number of nitrogens with one attached hydrogen (secondary N) is 2. The fraction of sp³-hybridized carbons (Fsp3) is 0.818. The van der Waals surface area contributed by atoms with Crippen LogP contribution in [0.1, 0.15) is 27.7 Å². The number of amides is 1. The molecule has 0 radical (unpaired) electrons. The van der Waals surface area contributed by atoms with Crippen molar-refractivity contribution in [3.8, 4) is 0 Å². The van der Waals surface area contributed by atoms with Crippen molar-refractivity contribution in [2.24, 2.45) is 0 Å². The number of ether oxygens (including phenoxy) is 2. The summed E-state index contributed by atoms with van der Waals surface area (Å²) < 4.78 is 35.5. The number of carbonyl (C=O) groups excluding carboxylic acids is 2. The van der Waals surface area contributed by atoms with Crippen LogP contribution >= 0.6 is 11.8 Å². The van der Waals surface area contributed by atoms with Gasteiger partial charge in [-0.3, -0.25) is 0 Å². The van der Waals surface area contributed by atoms with Crippen molar-refractivity contribution in [2.75, 3.05) is 7.11 Å². The highest BCUT2D eigenvalue weighted by Gasteiger charge is 2.48. The van der Waals surface area contributed by atoms with Crippen LogP contribution in [0.25, 0.3) is 0 Å². The summed E-state index contributed by atoms with van der Waals surface area (Å²) in [5.74, 6) is -1.08. The Labute approximate surface area is 121 Å². The van der Waals surface area contributed by atoms with Gasteiger partial charge in [0.1, 0.15) is 11.1 Å². The zero-order valence-electron chi connectivity index (χ0n) is 11.9. The molecule has 0 aliphatic heterocycles. The Morgan fingerprint density at radius 3 is 2.00 bits per heavy atom. The third-order valence-corrected chi connectivity index (χ3v) is 2.76. The van der Waals surface area contributed by atoms with E-state index in [2.05, 4.69) is 4.74 Å². The normalized spacial score (nSPS) is 16.2. The van der Waals surface area contributed by atoms with Crippen LogP contribution in [0, 0.1) is 0 Å². The minimum Gasteiger partial charge on any atom is -0.467 e. The topological polar surface area (TPSA) is 76.7 Å². The molecule has 1 amide bonds. The first-order valence-electron chi connectivity index (χ1n) is 5.71. The smallest absolute Gasteiger partial charge is 0.408 e. The zero-order chi connectivity index (χ0) is 16.1. The maximum atomic E-state index is 13.1. The second-order valence-electron chi connectivity index (χ2n) is 5.28. The molecule has 0 unspecified atom stereocenters. The zero-order valence-corrected chi connectivity index (χ0v) is 12.7. The summed E-state index contributed by atoms with van der Waals surface area (Å²) in [6, 6.07) is -1.72. The standard InChI is InChI=1S/C11H19ClF2N2O4/c1-10(2,3)20-9(18)15-6(7(17)19-5)11(4,16-12)8(13)14/h6,8,16H,1-5H3,(H,15,18)/t6-,11+/m1/s1. The maximum absolute atomic E-state index is 13.1. The summed E-state index contributed by atoms with van der Waals surface area (Å²) in [5.41, 5.74) is -3.06. The lowest BCUT2D eigenvalue weighted by Gasteiger charge is -2.34. The van der Waals surface area contributed by atoms with E-state index in [1.165, 1.54) is 0 Å². The Bertz CT molecular complexity index is 363. The fourth-order valence-corrected chi connectivity index (χ4v) is 1.41. The Morgan fingerprint density at radius 2 is 1.70 bits per heavy atom. The van der Waals surface area contributed by atoms with Gasteiger partial charge in [-0.2, -0.15) is 0 Å². The van der Waals surface area contributed by atoms with Gasteiger partial charge in [0.25, 0.3) is 6.43 Å². The summed E-state index contributed by atoms with van der Waals surface area (Å²) in [6.45, 7) is 5.74. The van der Waals surface area contributed by atoms with Crippen LogP contribution in [-0.2, 0) is 14.3 Å². The first-order chi connectivity index (χ1) is 8.97. The molecule has 0 bridgehead atoms. The van der Waals surface area contributed by atoms with E-state index in [1.54, 1.807) is 20.8 Å². The van der Waals surface area contributed by atoms with Crippen molar-refractivity contribution in [3.63, 3.8) is 0 Å². The molecule has 0 aromatic heterocycles. The molecule has 0 heterocycles. The van der Waals surface area contributed by atoms with E-state index in [9.17, 15) is 18.4 Å². The van der Waals surface area contributed by atoms with Crippen LogP contribution in [0.2, 0.25) is 0 Å². The minimum atomic E-state index is -3.04. The fourth-order valence-electron chi connectivity index (χ4n) is 1.22. The molecular weight excluding hydrogens is 298 g/mol. The van der Waals surface area contributed by atoms with E-state index in [1.807, 2.05) is 10.2 Å². The summed E-state index contributed by atoms with van der Waals surface area (Å²) in [5, 5.41) is 2.03. The van der Waals surface area contributed by atoms with Crippen molar-refractivity contribution in [2.45, 2.75) is 51.3 Å². The average Bonchev–Trinajstić information content (AvgIpc) is 2.31. The third-order valence-electron chi connectivity index (χ3n) is 2.35. The molecule has 0 spiro atoms. The van der Waals surface area contributed by atoms with Crippen LogP contribution in [0.3, 0.4) is 0 Å². The van der Waals surface area contributed by atoms with Crippen LogP contribution in [0.15, 0.2) is 0 Å². The van der Waals surface area contributed by atoms with Gasteiger partial charge >= 0.3 is 12.1 Å². The molecule has 0 saturated heterocycles. The molecular formula is C11H19ClF2N2O4. The van der Waals surface area contributed by atoms with Crippen LogP contribution in [0.4, 0.5) is 13.6 Å². The molecule has 2 N–H and O–H groups in total. The SMILES string of the molecule is COC(=O)[C@@H](NC(=O)OC(C)(C)C)[C@](C)(NCl)C(F)F. The third kappa shape index (κ3) is 5.09. The van der Waals surface area contributed by atoms with Crippen molar-refractivity contribution >= 4 is 23.8 Å². The average molecular weight is 317 g/mol. The molecule has 2 atom stereocenters. The largest absolute Gasteiger partial charge is 0.467 e. The maximum Gasteiger partial charge on any atom is 0.408 e. The quantitative estimate of drug-likeness (QED) is 0.597. The molecule has 0 fully saturated rings. The molecule has 0 aliphatic rings. The van der Waals surface area contributed by atoms with Gasteiger partial charge in [-0.15, -0.1) is 0 Å². The Morgan fingerprint density at radius 1 is 1.20 bits per heavy atom. The molecule has 0 saturated carbocycles. The van der Waals surface area contributed by atoms with E-state index in [4.69, 9.17) is 16.5 Å².